The second kappa shape index (κ2) is 5.16. The summed E-state index contributed by atoms with van der Waals surface area (Å²) in [7, 11) is -3.90. The number of nitrogen functional groups attached to an aromatic ring is 1. The zero-order valence-corrected chi connectivity index (χ0v) is 12.8. The van der Waals surface area contributed by atoms with Crippen LogP contribution in [-0.4, -0.2) is 30.7 Å². The van der Waals surface area contributed by atoms with Gasteiger partial charge in [0.25, 0.3) is 0 Å². The van der Waals surface area contributed by atoms with Gasteiger partial charge in [-0.3, -0.25) is 4.90 Å². The zero-order valence-electron chi connectivity index (χ0n) is 12.0. The molecular weight excluding hydrogens is 325 g/mol. The first-order valence-corrected chi connectivity index (χ1v) is 8.29. The molecule has 0 fully saturated rings. The first-order chi connectivity index (χ1) is 10.8. The predicted octanol–water partition coefficient (Wildman–Crippen LogP) is 1.10. The van der Waals surface area contributed by atoms with E-state index in [-0.39, 0.29) is 23.7 Å². The van der Waals surface area contributed by atoms with Crippen molar-refractivity contribution in [2.24, 2.45) is 0 Å². The van der Waals surface area contributed by atoms with Gasteiger partial charge in [0.05, 0.1) is 18.5 Å². The van der Waals surface area contributed by atoms with Crippen LogP contribution in [0.2, 0.25) is 0 Å². The summed E-state index contributed by atoms with van der Waals surface area (Å²) in [5.41, 5.74) is 6.10. The number of nitrogens with zero attached hydrogens (tertiary/aromatic N) is 4. The summed E-state index contributed by atoms with van der Waals surface area (Å²) in [5, 5.41) is 0. The van der Waals surface area contributed by atoms with E-state index in [2.05, 4.69) is 9.97 Å². The summed E-state index contributed by atoms with van der Waals surface area (Å²) in [6.45, 7) is 0.0477. The summed E-state index contributed by atoms with van der Waals surface area (Å²) >= 11 is 0. The molecule has 23 heavy (non-hydrogen) atoms. The molecule has 0 radical (unpaired) electrons. The largest absolute Gasteiger partial charge is 0.396 e. The number of halogens is 1. The highest BCUT2D eigenvalue weighted by atomic mass is 32.2. The van der Waals surface area contributed by atoms with Crippen molar-refractivity contribution < 1.29 is 17.6 Å². The number of rotatable bonds is 2. The van der Waals surface area contributed by atoms with Crippen LogP contribution in [0.1, 0.15) is 5.56 Å². The Morgan fingerprint density at radius 1 is 1.35 bits per heavy atom. The topological polar surface area (TPSA) is 109 Å². The second-order valence-electron chi connectivity index (χ2n) is 4.97. The van der Waals surface area contributed by atoms with Crippen molar-refractivity contribution in [2.45, 2.75) is 6.54 Å². The molecule has 1 aliphatic heterocycles. The van der Waals surface area contributed by atoms with Crippen LogP contribution >= 0.6 is 0 Å². The number of hydrogen-bond donors (Lipinski definition) is 1. The Kier molecular flexibility index (Phi) is 3.40. The Morgan fingerprint density at radius 3 is 2.74 bits per heavy atom. The van der Waals surface area contributed by atoms with Crippen LogP contribution in [0.4, 0.5) is 26.4 Å². The van der Waals surface area contributed by atoms with Crippen LogP contribution in [0.3, 0.4) is 0 Å². The Balaban J connectivity index is 2.15. The molecule has 0 saturated heterocycles. The second-order valence-corrected chi connectivity index (χ2v) is 6.80. The fraction of sp³-hybridized carbons (Fsp3) is 0.154. The third-order valence-electron chi connectivity index (χ3n) is 3.31. The average molecular weight is 337 g/mol. The molecule has 120 valence electrons. The first-order valence-electron chi connectivity index (χ1n) is 6.45. The maximum Gasteiger partial charge on any atom is 0.344 e. The number of urea groups is 1. The Morgan fingerprint density at radius 2 is 2.09 bits per heavy atom. The number of aromatic nitrogens is 2. The molecule has 0 saturated carbocycles. The van der Waals surface area contributed by atoms with Crippen molar-refractivity contribution in [3.63, 3.8) is 0 Å². The molecule has 0 unspecified atom stereocenters. The summed E-state index contributed by atoms with van der Waals surface area (Å²) in [6.07, 6.45) is 3.49. The number of amides is 2. The van der Waals surface area contributed by atoms with Gasteiger partial charge in [-0.05, 0) is 18.2 Å². The van der Waals surface area contributed by atoms with Gasteiger partial charge in [0, 0.05) is 17.4 Å². The number of nitrogens with two attached hydrogens (primary N) is 1. The zero-order chi connectivity index (χ0) is 16.8. The lowest BCUT2D eigenvalue weighted by Crippen LogP contribution is -2.50. The minimum Gasteiger partial charge on any atom is -0.396 e. The maximum absolute atomic E-state index is 13.3. The van der Waals surface area contributed by atoms with Gasteiger partial charge in [-0.1, -0.05) is 0 Å². The van der Waals surface area contributed by atoms with E-state index in [4.69, 9.17) is 5.73 Å². The van der Waals surface area contributed by atoms with Gasteiger partial charge < -0.3 is 5.73 Å². The molecule has 2 heterocycles. The van der Waals surface area contributed by atoms with Gasteiger partial charge in [0.15, 0.2) is 5.82 Å². The molecule has 0 atom stereocenters. The quantitative estimate of drug-likeness (QED) is 0.822. The molecule has 2 aromatic rings. The van der Waals surface area contributed by atoms with E-state index < -0.39 is 21.9 Å². The van der Waals surface area contributed by atoms with Gasteiger partial charge in [0.1, 0.15) is 12.1 Å². The van der Waals surface area contributed by atoms with E-state index in [9.17, 15) is 17.6 Å². The van der Waals surface area contributed by atoms with Crippen LogP contribution in [0.5, 0.6) is 0 Å². The molecule has 8 nitrogen and oxygen atoms in total. The van der Waals surface area contributed by atoms with Crippen LogP contribution in [0, 0.1) is 5.82 Å². The number of carbonyl (C=O) groups is 1. The fourth-order valence-electron chi connectivity index (χ4n) is 2.28. The highest BCUT2D eigenvalue weighted by molar-refractivity contribution is 7.92. The van der Waals surface area contributed by atoms with E-state index in [0.717, 1.165) is 18.6 Å². The standard InChI is InChI=1S/C13H12FN5O3S/c1-23(21,22)19-12-8(5-16-7-17-12)6-18(13(19)20)9-2-3-10(14)11(15)4-9/h2-5,7H,6,15H2,1H3. The van der Waals surface area contributed by atoms with E-state index >= 15 is 0 Å². The lowest BCUT2D eigenvalue weighted by atomic mass is 10.2. The summed E-state index contributed by atoms with van der Waals surface area (Å²) in [5.74, 6) is -0.610. The van der Waals surface area contributed by atoms with Gasteiger partial charge in [-0.25, -0.2) is 27.6 Å². The summed E-state index contributed by atoms with van der Waals surface area (Å²) in [6, 6.07) is 2.91. The SMILES string of the molecule is CS(=O)(=O)N1C(=O)N(c2ccc(F)c(N)c2)Cc2cncnc21. The lowest BCUT2D eigenvalue weighted by molar-refractivity contribution is 0.253. The monoisotopic (exact) mass is 337 g/mol. The van der Waals surface area contributed by atoms with Crippen molar-refractivity contribution >= 4 is 33.2 Å². The minimum atomic E-state index is -3.90. The molecule has 2 amide bonds. The third kappa shape index (κ3) is 2.57. The predicted molar refractivity (Wildman–Crippen MR) is 81.7 cm³/mol. The number of anilines is 3. The molecule has 0 aliphatic carbocycles. The van der Waals surface area contributed by atoms with Crippen LogP contribution in [0.15, 0.2) is 30.7 Å². The normalized spacial score (nSPS) is 14.8. The van der Waals surface area contributed by atoms with E-state index in [1.807, 2.05) is 0 Å². The van der Waals surface area contributed by atoms with E-state index in [0.29, 0.717) is 9.87 Å². The Labute approximate surface area is 131 Å². The van der Waals surface area contributed by atoms with Crippen molar-refractivity contribution in [3.05, 3.63) is 42.1 Å². The van der Waals surface area contributed by atoms with Gasteiger partial charge in [0.2, 0.25) is 10.0 Å². The fourth-order valence-corrected chi connectivity index (χ4v) is 3.15. The highest BCUT2D eigenvalue weighted by Crippen LogP contribution is 2.32. The van der Waals surface area contributed by atoms with Crippen molar-refractivity contribution in [2.75, 3.05) is 21.2 Å². The molecule has 1 aromatic heterocycles. The minimum absolute atomic E-state index is 0.0128. The van der Waals surface area contributed by atoms with Crippen LogP contribution < -0.4 is 14.9 Å². The molecule has 0 spiro atoms. The molecule has 2 N–H and O–H groups in total. The number of carbonyl (C=O) groups excluding carboxylic acids is 1. The van der Waals surface area contributed by atoms with Gasteiger partial charge in [-0.15, -0.1) is 0 Å². The number of hydrogen-bond acceptors (Lipinski definition) is 6. The smallest absolute Gasteiger partial charge is 0.344 e. The third-order valence-corrected chi connectivity index (χ3v) is 4.31. The number of benzene rings is 1. The van der Waals surface area contributed by atoms with Crippen molar-refractivity contribution in [1.82, 2.24) is 9.97 Å². The first kappa shape index (κ1) is 15.2. The summed E-state index contributed by atoms with van der Waals surface area (Å²) < 4.78 is 37.9. The molecule has 1 aliphatic rings. The van der Waals surface area contributed by atoms with Crippen LogP contribution in [0.25, 0.3) is 0 Å². The Hall–Kier alpha value is -2.75. The van der Waals surface area contributed by atoms with Crippen molar-refractivity contribution in [3.8, 4) is 0 Å². The average Bonchev–Trinajstić information content (AvgIpc) is 2.48. The molecule has 1 aromatic carbocycles. The number of sulfonamides is 1. The Bertz CT molecular complexity index is 902. The van der Waals surface area contributed by atoms with Gasteiger partial charge in [-0.2, -0.15) is 4.31 Å². The highest BCUT2D eigenvalue weighted by Gasteiger charge is 2.38. The van der Waals surface area contributed by atoms with Gasteiger partial charge >= 0.3 is 6.03 Å². The molecule has 3 rings (SSSR count). The molecular formula is C13H12FN5O3S. The van der Waals surface area contributed by atoms with E-state index in [1.54, 1.807) is 0 Å². The van der Waals surface area contributed by atoms with Crippen molar-refractivity contribution in [1.29, 1.82) is 0 Å². The number of fused-ring (bicyclic) bond motifs is 1. The molecule has 0 bridgehead atoms. The maximum atomic E-state index is 13.3. The summed E-state index contributed by atoms with van der Waals surface area (Å²) in [4.78, 5) is 21.5. The molecule has 10 heteroatoms. The van der Waals surface area contributed by atoms with Crippen LogP contribution in [-0.2, 0) is 16.6 Å². The van der Waals surface area contributed by atoms with E-state index in [1.165, 1.54) is 23.2 Å². The lowest BCUT2D eigenvalue weighted by Gasteiger charge is -2.34.